The van der Waals surface area contributed by atoms with Gasteiger partial charge in [0.25, 0.3) is 0 Å². The Morgan fingerprint density at radius 3 is 1.45 bits per heavy atom. The molecule has 1 saturated heterocycles. The Morgan fingerprint density at radius 1 is 0.655 bits per heavy atom. The van der Waals surface area contributed by atoms with Crippen molar-refractivity contribution in [2.75, 3.05) is 13.2 Å². The number of ether oxygens (including phenoxy) is 1. The van der Waals surface area contributed by atoms with Crippen molar-refractivity contribution >= 4 is 24.0 Å². The zero-order valence-corrected chi connectivity index (χ0v) is 16.7. The maximum Gasteiger partial charge on any atom is 0.175 e. The minimum atomic E-state index is -3.45. The second-order valence-corrected chi connectivity index (χ2v) is 10.3. The maximum atomic E-state index is 14.6. The van der Waals surface area contributed by atoms with E-state index in [1.54, 1.807) is 72.8 Å². The van der Waals surface area contributed by atoms with Gasteiger partial charge >= 0.3 is 0 Å². The summed E-state index contributed by atoms with van der Waals surface area (Å²) in [6.07, 6.45) is 0. The molecule has 3 aromatic carbocycles. The van der Waals surface area contributed by atoms with Crippen LogP contribution in [0.25, 0.3) is 0 Å². The Bertz CT molecular complexity index is 985. The minimum Gasteiger partial charge on any atom is -0.379 e. The lowest BCUT2D eigenvalue weighted by molar-refractivity contribution is 0.0777. The number of hydrogen-bond donors (Lipinski definition) is 0. The van der Waals surface area contributed by atoms with E-state index in [2.05, 4.69) is 0 Å². The summed E-state index contributed by atoms with van der Waals surface area (Å²) in [6, 6.07) is 26.5. The van der Waals surface area contributed by atoms with E-state index in [0.29, 0.717) is 16.4 Å². The molecule has 1 fully saturated rings. The molecule has 0 aromatic heterocycles. The van der Waals surface area contributed by atoms with Crippen LogP contribution in [-0.2, 0) is 9.30 Å². The predicted molar refractivity (Wildman–Crippen MR) is 114 cm³/mol. The Morgan fingerprint density at radius 2 is 1.03 bits per heavy atom. The third-order valence-electron chi connectivity index (χ3n) is 5.36. The van der Waals surface area contributed by atoms with E-state index in [4.69, 9.17) is 4.74 Å². The molecule has 0 radical (unpaired) electrons. The van der Waals surface area contributed by atoms with Crippen molar-refractivity contribution < 1.29 is 18.9 Å². The van der Waals surface area contributed by atoms with Crippen LogP contribution in [0.1, 0.15) is 20.7 Å². The summed E-state index contributed by atoms with van der Waals surface area (Å²) in [5.41, 5.74) is -0.826. The molecular formula is C24H21O4P. The number of hydrogen-bond acceptors (Lipinski definition) is 4. The van der Waals surface area contributed by atoms with Crippen molar-refractivity contribution in [3.05, 3.63) is 102 Å². The quantitative estimate of drug-likeness (QED) is 0.472. The molecule has 1 aliphatic heterocycles. The van der Waals surface area contributed by atoms with E-state index in [1.165, 1.54) is 0 Å². The molecule has 1 heterocycles. The van der Waals surface area contributed by atoms with Crippen molar-refractivity contribution in [3.63, 3.8) is 0 Å². The van der Waals surface area contributed by atoms with Gasteiger partial charge in [0.1, 0.15) is 18.5 Å². The van der Waals surface area contributed by atoms with Crippen LogP contribution in [-0.4, -0.2) is 36.1 Å². The van der Waals surface area contributed by atoms with E-state index >= 15 is 0 Å². The van der Waals surface area contributed by atoms with Crippen molar-refractivity contribution in [1.29, 1.82) is 0 Å². The molecule has 0 saturated carbocycles. The Balaban J connectivity index is 1.82. The molecule has 2 atom stereocenters. The monoisotopic (exact) mass is 404 g/mol. The van der Waals surface area contributed by atoms with Crippen LogP contribution in [0.2, 0.25) is 0 Å². The number of Topliss-reactive ketones (excluding diaryl/α,β-unsaturated/α-hetero) is 2. The van der Waals surface area contributed by atoms with Crippen LogP contribution >= 0.6 is 7.14 Å². The van der Waals surface area contributed by atoms with Gasteiger partial charge in [0.15, 0.2) is 11.6 Å². The fourth-order valence-electron chi connectivity index (χ4n) is 3.84. The predicted octanol–water partition coefficient (Wildman–Crippen LogP) is 4.21. The van der Waals surface area contributed by atoms with E-state index in [1.807, 2.05) is 18.2 Å². The van der Waals surface area contributed by atoms with Crippen molar-refractivity contribution in [2.45, 2.75) is 11.3 Å². The summed E-state index contributed by atoms with van der Waals surface area (Å²) in [4.78, 5) is 26.7. The van der Waals surface area contributed by atoms with Crippen LogP contribution in [0.4, 0.5) is 0 Å². The fourth-order valence-corrected chi connectivity index (χ4v) is 7.28. The second-order valence-electron chi connectivity index (χ2n) is 7.07. The van der Waals surface area contributed by atoms with Gasteiger partial charge in [0, 0.05) is 16.4 Å². The highest BCUT2D eigenvalue weighted by Crippen LogP contribution is 2.58. The topological polar surface area (TPSA) is 60.4 Å². The molecule has 4 nitrogen and oxygen atoms in total. The van der Waals surface area contributed by atoms with E-state index in [9.17, 15) is 14.2 Å². The van der Waals surface area contributed by atoms with Gasteiger partial charge < -0.3 is 9.30 Å². The van der Waals surface area contributed by atoms with Crippen molar-refractivity contribution in [3.8, 4) is 0 Å². The third-order valence-corrected chi connectivity index (χ3v) is 9.08. The normalized spacial score (nSPS) is 24.0. The molecule has 0 spiro atoms. The lowest BCUT2D eigenvalue weighted by atomic mass is 10.1. The molecule has 4 rings (SSSR count). The SMILES string of the molecule is O=C(c1ccccc1)C1COCC(C(=O)c2ccccc2)P1(=O)c1ccccc1. The molecule has 5 heteroatoms. The first kappa shape index (κ1) is 19.5. The standard InChI is InChI=1S/C24H21O4P/c25-23(18-10-4-1-5-11-18)21-16-28-17-22(24(26)19-12-6-2-7-13-19)29(21,27)20-14-8-3-9-15-20/h1-15,21-22H,16-17H2. The molecular weight excluding hydrogens is 383 g/mol. The van der Waals surface area contributed by atoms with Crippen molar-refractivity contribution in [2.24, 2.45) is 0 Å². The molecule has 0 bridgehead atoms. The van der Waals surface area contributed by atoms with Gasteiger partial charge in [-0.05, 0) is 0 Å². The van der Waals surface area contributed by atoms with Crippen LogP contribution in [0.5, 0.6) is 0 Å². The van der Waals surface area contributed by atoms with Gasteiger partial charge in [0.05, 0.1) is 13.2 Å². The first-order valence-corrected chi connectivity index (χ1v) is 11.4. The smallest absolute Gasteiger partial charge is 0.175 e. The fraction of sp³-hybridized carbons (Fsp3) is 0.167. The number of carbonyl (C=O) groups excluding carboxylic acids is 2. The summed E-state index contributed by atoms with van der Waals surface area (Å²) in [7, 11) is -3.45. The minimum absolute atomic E-state index is 0.0401. The summed E-state index contributed by atoms with van der Waals surface area (Å²) in [5.74, 6) is -0.494. The first-order valence-electron chi connectivity index (χ1n) is 9.53. The van der Waals surface area contributed by atoms with Gasteiger partial charge in [-0.1, -0.05) is 91.0 Å². The number of benzene rings is 3. The second kappa shape index (κ2) is 8.28. The van der Waals surface area contributed by atoms with Gasteiger partial charge in [-0.2, -0.15) is 0 Å². The van der Waals surface area contributed by atoms with Gasteiger partial charge in [0.2, 0.25) is 0 Å². The lowest BCUT2D eigenvalue weighted by Gasteiger charge is -2.37. The van der Waals surface area contributed by atoms with Crippen molar-refractivity contribution in [1.82, 2.24) is 0 Å². The summed E-state index contributed by atoms with van der Waals surface area (Å²) in [5, 5.41) is 0.548. The van der Waals surface area contributed by atoms with Gasteiger partial charge in [-0.3, -0.25) is 9.59 Å². The van der Waals surface area contributed by atoms with Crippen LogP contribution in [0.15, 0.2) is 91.0 Å². The van der Waals surface area contributed by atoms with Crippen LogP contribution in [0.3, 0.4) is 0 Å². The first-order chi connectivity index (χ1) is 14.1. The molecule has 29 heavy (non-hydrogen) atoms. The zero-order valence-electron chi connectivity index (χ0n) is 15.8. The van der Waals surface area contributed by atoms with Gasteiger partial charge in [-0.15, -0.1) is 0 Å². The average Bonchev–Trinajstić information content (AvgIpc) is 2.80. The summed E-state index contributed by atoms with van der Waals surface area (Å²) < 4.78 is 20.3. The third kappa shape index (κ3) is 3.62. The summed E-state index contributed by atoms with van der Waals surface area (Å²) in [6.45, 7) is 0.0803. The average molecular weight is 404 g/mol. The molecule has 0 aliphatic carbocycles. The molecule has 0 N–H and O–H groups in total. The molecule has 1 aliphatic rings. The number of ketones is 2. The lowest BCUT2D eigenvalue weighted by Crippen LogP contribution is -2.45. The van der Waals surface area contributed by atoms with E-state index in [0.717, 1.165) is 0 Å². The molecule has 0 amide bonds. The summed E-state index contributed by atoms with van der Waals surface area (Å²) >= 11 is 0. The largest absolute Gasteiger partial charge is 0.379 e. The molecule has 2 unspecified atom stereocenters. The van der Waals surface area contributed by atoms with E-state index < -0.39 is 18.5 Å². The van der Waals surface area contributed by atoms with Crippen LogP contribution < -0.4 is 5.30 Å². The molecule has 146 valence electrons. The van der Waals surface area contributed by atoms with E-state index in [-0.39, 0.29) is 24.8 Å². The van der Waals surface area contributed by atoms with Crippen LogP contribution in [0, 0.1) is 0 Å². The highest BCUT2D eigenvalue weighted by Gasteiger charge is 2.51. The van der Waals surface area contributed by atoms with Gasteiger partial charge in [-0.25, -0.2) is 0 Å². The Kier molecular flexibility index (Phi) is 5.57. The highest BCUT2D eigenvalue weighted by molar-refractivity contribution is 7.74. The highest BCUT2D eigenvalue weighted by atomic mass is 31.2. The Labute approximate surface area is 169 Å². The molecule has 3 aromatic rings. The maximum absolute atomic E-state index is 14.6. The number of rotatable bonds is 5. The Hall–Kier alpha value is -2.81. The number of carbonyl (C=O) groups is 2. The zero-order chi connectivity index (χ0) is 20.3.